The van der Waals surface area contributed by atoms with Crippen LogP contribution in [0.3, 0.4) is 0 Å². The first-order valence-electron chi connectivity index (χ1n) is 4.37. The van der Waals surface area contributed by atoms with Crippen molar-refractivity contribution in [2.75, 3.05) is 48.3 Å². The van der Waals surface area contributed by atoms with Crippen LogP contribution in [-0.4, -0.2) is 57.7 Å². The summed E-state index contributed by atoms with van der Waals surface area (Å²) < 4.78 is 1.09. The lowest BCUT2D eigenvalue weighted by molar-refractivity contribution is -0.870. The van der Waals surface area contributed by atoms with E-state index >= 15 is 0 Å². The summed E-state index contributed by atoms with van der Waals surface area (Å²) in [6, 6.07) is 0. The molecule has 0 aliphatic carbocycles. The molecule has 0 unspecified atom stereocenters. The van der Waals surface area contributed by atoms with Gasteiger partial charge in [0.15, 0.2) is 0 Å². The molecule has 0 aromatic carbocycles. The Hall–Kier alpha value is -0.0800. The van der Waals surface area contributed by atoms with Crippen LogP contribution in [-0.2, 0) is 0 Å². The molecule has 0 saturated carbocycles. The Morgan fingerprint density at radius 2 is 1.55 bits per heavy atom. The van der Waals surface area contributed by atoms with Crippen molar-refractivity contribution in [3.05, 3.63) is 0 Å². The van der Waals surface area contributed by atoms with Gasteiger partial charge >= 0.3 is 0 Å². The molecular weight excluding hydrogens is 136 g/mol. The Bertz CT molecular complexity index is 92.2. The topological polar surface area (TPSA) is 3.24 Å². The zero-order chi connectivity index (χ0) is 8.91. The molecule has 0 rings (SSSR count). The molecule has 11 heavy (non-hydrogen) atoms. The molecule has 0 aliphatic heterocycles. The first-order chi connectivity index (χ1) is 4.92. The molecule has 0 aromatic heterocycles. The van der Waals surface area contributed by atoms with Crippen molar-refractivity contribution in [2.45, 2.75) is 12.8 Å². The average Bonchev–Trinajstić information content (AvgIpc) is 1.78. The highest BCUT2D eigenvalue weighted by Gasteiger charge is 2.04. The van der Waals surface area contributed by atoms with Crippen molar-refractivity contribution in [2.24, 2.45) is 0 Å². The SMILES string of the molecule is CN(C)CCCC[N+](C)(C)C. The van der Waals surface area contributed by atoms with Crippen LogP contribution >= 0.6 is 0 Å². The summed E-state index contributed by atoms with van der Waals surface area (Å²) in [6.07, 6.45) is 2.66. The van der Waals surface area contributed by atoms with Crippen LogP contribution in [0.5, 0.6) is 0 Å². The Balaban J connectivity index is 3.15. The first kappa shape index (κ1) is 10.9. The van der Waals surface area contributed by atoms with Gasteiger partial charge in [-0.1, -0.05) is 0 Å². The fourth-order valence-corrected chi connectivity index (χ4v) is 1.01. The molecule has 0 bridgehead atoms. The van der Waals surface area contributed by atoms with Crippen LogP contribution in [0.1, 0.15) is 12.8 Å². The van der Waals surface area contributed by atoms with Gasteiger partial charge in [-0.2, -0.15) is 0 Å². The van der Waals surface area contributed by atoms with Gasteiger partial charge in [-0.25, -0.2) is 0 Å². The lowest BCUT2D eigenvalue weighted by Gasteiger charge is -2.23. The molecule has 0 heterocycles. The third-order valence-corrected chi connectivity index (χ3v) is 1.68. The largest absolute Gasteiger partial charge is 0.331 e. The van der Waals surface area contributed by atoms with E-state index in [9.17, 15) is 0 Å². The molecule has 2 nitrogen and oxygen atoms in total. The van der Waals surface area contributed by atoms with Gasteiger partial charge < -0.3 is 9.38 Å². The maximum absolute atomic E-state index is 2.25. The van der Waals surface area contributed by atoms with Gasteiger partial charge in [-0.3, -0.25) is 0 Å². The molecule has 0 fully saturated rings. The minimum atomic E-state index is 1.09. The van der Waals surface area contributed by atoms with Crippen LogP contribution in [0.2, 0.25) is 0 Å². The first-order valence-corrected chi connectivity index (χ1v) is 4.37. The van der Waals surface area contributed by atoms with E-state index in [2.05, 4.69) is 40.1 Å². The smallest absolute Gasteiger partial charge is 0.0780 e. The van der Waals surface area contributed by atoms with Crippen LogP contribution in [0.4, 0.5) is 0 Å². The van der Waals surface area contributed by atoms with Crippen LogP contribution in [0.25, 0.3) is 0 Å². The van der Waals surface area contributed by atoms with E-state index < -0.39 is 0 Å². The van der Waals surface area contributed by atoms with Gasteiger partial charge in [-0.15, -0.1) is 0 Å². The minimum Gasteiger partial charge on any atom is -0.331 e. The fourth-order valence-electron chi connectivity index (χ4n) is 1.01. The molecule has 0 atom stereocenters. The molecule has 0 N–H and O–H groups in total. The predicted molar refractivity (Wildman–Crippen MR) is 50.7 cm³/mol. The summed E-state index contributed by atoms with van der Waals surface area (Å²) in [5.41, 5.74) is 0. The Kier molecular flexibility index (Phi) is 4.69. The molecule has 0 spiro atoms. The molecule has 0 saturated heterocycles. The van der Waals surface area contributed by atoms with E-state index in [4.69, 9.17) is 0 Å². The lowest BCUT2D eigenvalue weighted by atomic mass is 10.3. The number of hydrogen-bond acceptors (Lipinski definition) is 1. The maximum Gasteiger partial charge on any atom is 0.0780 e. The highest BCUT2D eigenvalue weighted by Crippen LogP contribution is 1.97. The van der Waals surface area contributed by atoms with Crippen molar-refractivity contribution < 1.29 is 4.48 Å². The standard InChI is InChI=1S/C9H23N2/c1-10(2)8-6-7-9-11(3,4)5/h6-9H2,1-5H3/q+1. The van der Waals surface area contributed by atoms with Crippen molar-refractivity contribution in [3.63, 3.8) is 0 Å². The van der Waals surface area contributed by atoms with Gasteiger partial charge in [0, 0.05) is 0 Å². The van der Waals surface area contributed by atoms with Crippen LogP contribution in [0, 0.1) is 0 Å². The summed E-state index contributed by atoms with van der Waals surface area (Å²) in [6.45, 7) is 2.51. The van der Waals surface area contributed by atoms with E-state index in [1.165, 1.54) is 25.9 Å². The second-order valence-corrected chi connectivity index (χ2v) is 4.52. The summed E-state index contributed by atoms with van der Waals surface area (Å²) in [5.74, 6) is 0. The summed E-state index contributed by atoms with van der Waals surface area (Å²) in [4.78, 5) is 2.25. The van der Waals surface area contributed by atoms with Crippen molar-refractivity contribution >= 4 is 0 Å². The van der Waals surface area contributed by atoms with Crippen molar-refractivity contribution in [3.8, 4) is 0 Å². The van der Waals surface area contributed by atoms with E-state index in [1.54, 1.807) is 0 Å². The molecule has 68 valence electrons. The third-order valence-electron chi connectivity index (χ3n) is 1.68. The van der Waals surface area contributed by atoms with Crippen LogP contribution < -0.4 is 0 Å². The maximum atomic E-state index is 2.25. The minimum absolute atomic E-state index is 1.09. The Labute approximate surface area is 71.4 Å². The molecule has 0 aliphatic rings. The van der Waals surface area contributed by atoms with Gasteiger partial charge in [0.25, 0.3) is 0 Å². The van der Waals surface area contributed by atoms with E-state index in [0.29, 0.717) is 0 Å². The highest BCUT2D eigenvalue weighted by molar-refractivity contribution is 4.43. The quantitative estimate of drug-likeness (QED) is 0.428. The lowest BCUT2D eigenvalue weighted by Crippen LogP contribution is -2.35. The number of rotatable bonds is 5. The van der Waals surface area contributed by atoms with E-state index in [1.807, 2.05) is 0 Å². The predicted octanol–water partition coefficient (Wildman–Crippen LogP) is 1.03. The van der Waals surface area contributed by atoms with E-state index in [0.717, 1.165) is 4.48 Å². The molecule has 0 amide bonds. The summed E-state index contributed by atoms with van der Waals surface area (Å²) >= 11 is 0. The zero-order valence-corrected chi connectivity index (χ0v) is 8.72. The Morgan fingerprint density at radius 3 is 1.91 bits per heavy atom. The second kappa shape index (κ2) is 4.73. The molecular formula is C9H23N2+. The zero-order valence-electron chi connectivity index (χ0n) is 8.72. The second-order valence-electron chi connectivity index (χ2n) is 4.52. The number of hydrogen-bond donors (Lipinski definition) is 0. The molecule has 2 heteroatoms. The summed E-state index contributed by atoms with van der Waals surface area (Å²) in [5, 5.41) is 0. The number of nitrogens with zero attached hydrogens (tertiary/aromatic N) is 2. The summed E-state index contributed by atoms with van der Waals surface area (Å²) in [7, 11) is 11.0. The van der Waals surface area contributed by atoms with Crippen LogP contribution in [0.15, 0.2) is 0 Å². The number of unbranched alkanes of at least 4 members (excludes halogenated alkanes) is 1. The van der Waals surface area contributed by atoms with Gasteiger partial charge in [0.1, 0.15) is 0 Å². The Morgan fingerprint density at radius 1 is 1.00 bits per heavy atom. The third kappa shape index (κ3) is 9.92. The van der Waals surface area contributed by atoms with E-state index in [-0.39, 0.29) is 0 Å². The monoisotopic (exact) mass is 159 g/mol. The highest BCUT2D eigenvalue weighted by atomic mass is 15.3. The molecule has 0 aromatic rings. The fraction of sp³-hybridized carbons (Fsp3) is 1.00. The van der Waals surface area contributed by atoms with Crippen molar-refractivity contribution in [1.29, 1.82) is 0 Å². The molecule has 0 radical (unpaired) electrons. The number of quaternary nitrogens is 1. The van der Waals surface area contributed by atoms with Crippen molar-refractivity contribution in [1.82, 2.24) is 4.90 Å². The average molecular weight is 159 g/mol. The van der Waals surface area contributed by atoms with Gasteiger partial charge in [-0.05, 0) is 33.5 Å². The van der Waals surface area contributed by atoms with Gasteiger partial charge in [0.2, 0.25) is 0 Å². The van der Waals surface area contributed by atoms with Gasteiger partial charge in [0.05, 0.1) is 27.7 Å². The normalized spacial score (nSPS) is 12.5.